The van der Waals surface area contributed by atoms with Crippen LogP contribution in [0.3, 0.4) is 0 Å². The van der Waals surface area contributed by atoms with Crippen molar-refractivity contribution in [2.75, 3.05) is 7.11 Å². The van der Waals surface area contributed by atoms with Crippen molar-refractivity contribution in [1.82, 2.24) is 4.90 Å². The summed E-state index contributed by atoms with van der Waals surface area (Å²) in [5.74, 6) is 0.595. The third-order valence-corrected chi connectivity index (χ3v) is 5.01. The topological polar surface area (TPSA) is 62.9 Å². The Labute approximate surface area is 167 Å². The van der Waals surface area contributed by atoms with E-state index >= 15 is 0 Å². The molecule has 5 nitrogen and oxygen atoms in total. The third-order valence-electron chi connectivity index (χ3n) is 4.78. The van der Waals surface area contributed by atoms with Crippen molar-refractivity contribution in [1.29, 1.82) is 0 Å². The maximum absolute atomic E-state index is 12.9. The zero-order valence-corrected chi connectivity index (χ0v) is 15.9. The van der Waals surface area contributed by atoms with E-state index in [-0.39, 0.29) is 12.3 Å². The van der Waals surface area contributed by atoms with E-state index < -0.39 is 11.9 Å². The second-order valence-corrected chi connectivity index (χ2v) is 6.90. The van der Waals surface area contributed by atoms with E-state index in [4.69, 9.17) is 20.8 Å². The fourth-order valence-electron chi connectivity index (χ4n) is 3.48. The summed E-state index contributed by atoms with van der Waals surface area (Å²) in [6.07, 6.45) is 1.56. The van der Waals surface area contributed by atoms with Gasteiger partial charge in [0.05, 0.1) is 26.0 Å². The van der Waals surface area contributed by atoms with Gasteiger partial charge in [-0.25, -0.2) is 0 Å². The van der Waals surface area contributed by atoms with E-state index in [1.165, 1.54) is 0 Å². The Morgan fingerprint density at radius 1 is 1.14 bits per heavy atom. The molecular formula is C22H18ClNO4. The van der Waals surface area contributed by atoms with E-state index in [0.717, 1.165) is 11.1 Å². The highest BCUT2D eigenvalue weighted by Gasteiger charge is 2.41. The number of aliphatic hydroxyl groups excluding tert-OH is 1. The number of rotatable bonds is 5. The smallest absolute Gasteiger partial charge is 0.290 e. The SMILES string of the molecule is COc1ccc(C2=C(O)C(=O)N(Cc3ccco3)[C@H]2c2cccc(Cl)c2)cc1. The number of halogens is 1. The Bertz CT molecular complexity index is 1020. The molecule has 28 heavy (non-hydrogen) atoms. The van der Waals surface area contributed by atoms with E-state index in [9.17, 15) is 9.90 Å². The number of hydrogen-bond donors (Lipinski definition) is 1. The van der Waals surface area contributed by atoms with Gasteiger partial charge in [0, 0.05) is 10.6 Å². The molecule has 3 aromatic rings. The highest BCUT2D eigenvalue weighted by Crippen LogP contribution is 2.44. The molecule has 0 aliphatic carbocycles. The molecule has 6 heteroatoms. The maximum Gasteiger partial charge on any atom is 0.290 e. The van der Waals surface area contributed by atoms with Crippen molar-refractivity contribution in [2.45, 2.75) is 12.6 Å². The van der Waals surface area contributed by atoms with Crippen LogP contribution in [0.25, 0.3) is 5.57 Å². The van der Waals surface area contributed by atoms with Crippen LogP contribution >= 0.6 is 11.6 Å². The monoisotopic (exact) mass is 395 g/mol. The van der Waals surface area contributed by atoms with Crippen molar-refractivity contribution in [3.05, 3.63) is 94.6 Å². The van der Waals surface area contributed by atoms with Crippen LogP contribution in [-0.4, -0.2) is 23.0 Å². The van der Waals surface area contributed by atoms with Gasteiger partial charge in [-0.2, -0.15) is 0 Å². The first-order valence-electron chi connectivity index (χ1n) is 8.75. The molecule has 1 N–H and O–H groups in total. The van der Waals surface area contributed by atoms with Gasteiger partial charge in [-0.15, -0.1) is 0 Å². The van der Waals surface area contributed by atoms with Crippen LogP contribution in [0.5, 0.6) is 5.75 Å². The summed E-state index contributed by atoms with van der Waals surface area (Å²) in [6.45, 7) is 0.229. The van der Waals surface area contributed by atoms with E-state index in [2.05, 4.69) is 0 Å². The maximum atomic E-state index is 12.9. The minimum Gasteiger partial charge on any atom is -0.503 e. The second-order valence-electron chi connectivity index (χ2n) is 6.46. The number of amides is 1. The molecule has 4 rings (SSSR count). The van der Waals surface area contributed by atoms with Crippen molar-refractivity contribution >= 4 is 23.1 Å². The molecule has 1 atom stereocenters. The first-order valence-corrected chi connectivity index (χ1v) is 9.12. The highest BCUT2D eigenvalue weighted by molar-refractivity contribution is 6.30. The summed E-state index contributed by atoms with van der Waals surface area (Å²) in [5.41, 5.74) is 2.07. The van der Waals surface area contributed by atoms with Gasteiger partial charge >= 0.3 is 0 Å². The minimum atomic E-state index is -0.496. The fourth-order valence-corrected chi connectivity index (χ4v) is 3.67. The number of methoxy groups -OCH3 is 1. The Morgan fingerprint density at radius 3 is 2.57 bits per heavy atom. The summed E-state index contributed by atoms with van der Waals surface area (Å²) in [6, 6.07) is 17.6. The average molecular weight is 396 g/mol. The molecule has 1 amide bonds. The first-order chi connectivity index (χ1) is 13.6. The lowest BCUT2D eigenvalue weighted by Crippen LogP contribution is -2.29. The van der Waals surface area contributed by atoms with Crippen LogP contribution in [0, 0.1) is 0 Å². The number of benzene rings is 2. The number of ether oxygens (including phenoxy) is 1. The van der Waals surface area contributed by atoms with Gasteiger partial charge in [0.2, 0.25) is 0 Å². The summed E-state index contributed by atoms with van der Waals surface area (Å²) >= 11 is 6.20. The summed E-state index contributed by atoms with van der Waals surface area (Å²) in [7, 11) is 1.59. The van der Waals surface area contributed by atoms with Crippen LogP contribution < -0.4 is 4.74 Å². The van der Waals surface area contributed by atoms with Crippen molar-refractivity contribution in [2.24, 2.45) is 0 Å². The molecule has 0 unspecified atom stereocenters. The molecule has 2 heterocycles. The van der Waals surface area contributed by atoms with Gasteiger partial charge in [-0.3, -0.25) is 4.79 Å². The molecule has 0 saturated carbocycles. The number of carbonyl (C=O) groups excluding carboxylic acids is 1. The minimum absolute atomic E-state index is 0.229. The molecule has 1 aromatic heterocycles. The fraction of sp³-hybridized carbons (Fsp3) is 0.136. The number of carbonyl (C=O) groups is 1. The summed E-state index contributed by atoms with van der Waals surface area (Å²) in [4.78, 5) is 14.5. The summed E-state index contributed by atoms with van der Waals surface area (Å²) < 4.78 is 10.6. The number of aliphatic hydroxyl groups is 1. The number of furan rings is 1. The third kappa shape index (κ3) is 3.25. The van der Waals surface area contributed by atoms with E-state index in [1.54, 1.807) is 54.7 Å². The van der Waals surface area contributed by atoms with Crippen LogP contribution in [-0.2, 0) is 11.3 Å². The van der Waals surface area contributed by atoms with Gasteiger partial charge in [-0.05, 0) is 47.5 Å². The zero-order valence-electron chi connectivity index (χ0n) is 15.1. The molecule has 1 aliphatic heterocycles. The molecule has 2 aromatic carbocycles. The lowest BCUT2D eigenvalue weighted by Gasteiger charge is -2.26. The predicted octanol–water partition coefficient (Wildman–Crippen LogP) is 4.99. The zero-order chi connectivity index (χ0) is 19.7. The van der Waals surface area contributed by atoms with Gasteiger partial charge in [0.15, 0.2) is 5.76 Å². The molecule has 1 aliphatic rings. The largest absolute Gasteiger partial charge is 0.503 e. The van der Waals surface area contributed by atoms with Crippen LogP contribution in [0.2, 0.25) is 5.02 Å². The van der Waals surface area contributed by atoms with Gasteiger partial charge in [0.1, 0.15) is 11.5 Å². The van der Waals surface area contributed by atoms with Crippen LogP contribution in [0.4, 0.5) is 0 Å². The highest BCUT2D eigenvalue weighted by atomic mass is 35.5. The number of hydrogen-bond acceptors (Lipinski definition) is 4. The quantitative estimate of drug-likeness (QED) is 0.660. The molecule has 142 valence electrons. The van der Waals surface area contributed by atoms with Crippen molar-refractivity contribution < 1.29 is 19.1 Å². The normalized spacial score (nSPS) is 16.7. The Kier molecular flexibility index (Phi) is 4.84. The lowest BCUT2D eigenvalue weighted by atomic mass is 9.93. The Morgan fingerprint density at radius 2 is 1.93 bits per heavy atom. The molecular weight excluding hydrogens is 378 g/mol. The van der Waals surface area contributed by atoms with Crippen LogP contribution in [0.1, 0.15) is 22.9 Å². The molecule has 0 saturated heterocycles. The predicted molar refractivity (Wildman–Crippen MR) is 106 cm³/mol. The standard InChI is InChI=1S/C22H18ClNO4/c1-27-17-9-7-14(8-10-17)19-20(15-4-2-5-16(23)12-15)24(22(26)21(19)25)13-18-6-3-11-28-18/h2-12,20,25H,13H2,1H3/t20-/m0/s1. The van der Waals surface area contributed by atoms with E-state index in [0.29, 0.717) is 22.1 Å². The van der Waals surface area contributed by atoms with Crippen molar-refractivity contribution in [3.8, 4) is 5.75 Å². The molecule has 0 spiro atoms. The average Bonchev–Trinajstić information content (AvgIpc) is 3.30. The molecule has 0 bridgehead atoms. The summed E-state index contributed by atoms with van der Waals surface area (Å²) in [5, 5.41) is 11.3. The van der Waals surface area contributed by atoms with E-state index in [1.807, 2.05) is 24.3 Å². The van der Waals surface area contributed by atoms with Gasteiger partial charge < -0.3 is 19.2 Å². The van der Waals surface area contributed by atoms with Crippen LogP contribution in [0.15, 0.2) is 77.1 Å². The van der Waals surface area contributed by atoms with Crippen molar-refractivity contribution in [3.63, 3.8) is 0 Å². The molecule has 0 radical (unpaired) electrons. The number of nitrogens with zero attached hydrogens (tertiary/aromatic N) is 1. The Hall–Kier alpha value is -3.18. The lowest BCUT2D eigenvalue weighted by molar-refractivity contribution is -0.130. The first kappa shape index (κ1) is 18.2. The Balaban J connectivity index is 1.82. The van der Waals surface area contributed by atoms with Gasteiger partial charge in [-0.1, -0.05) is 35.9 Å². The van der Waals surface area contributed by atoms with Gasteiger partial charge in [0.25, 0.3) is 5.91 Å². The molecule has 0 fully saturated rings. The second kappa shape index (κ2) is 7.44.